The Morgan fingerprint density at radius 1 is 1.25 bits per heavy atom. The van der Waals surface area contributed by atoms with Crippen molar-refractivity contribution < 1.29 is 9.59 Å². The number of nitrogens with one attached hydrogen (secondary N) is 2. The fraction of sp³-hybridized carbons (Fsp3) is 0.591. The first-order chi connectivity index (χ1) is 13.2. The van der Waals surface area contributed by atoms with Crippen LogP contribution in [0.25, 0.3) is 0 Å². The molecule has 0 radical (unpaired) electrons. The van der Waals surface area contributed by atoms with Gasteiger partial charge in [-0.3, -0.25) is 19.9 Å². The van der Waals surface area contributed by atoms with Gasteiger partial charge in [0.2, 0.25) is 0 Å². The highest BCUT2D eigenvalue weighted by molar-refractivity contribution is 6.07. The number of carbonyl (C=O) groups is 2. The molecule has 1 atom stereocenters. The number of hydrogen-bond donors (Lipinski definition) is 2. The first-order valence-corrected chi connectivity index (χ1v) is 10.3. The Hall–Kier alpha value is -2.37. The van der Waals surface area contributed by atoms with Crippen LogP contribution >= 0.6 is 0 Å². The van der Waals surface area contributed by atoms with Crippen molar-refractivity contribution in [2.24, 2.45) is 5.92 Å². The average molecular weight is 387 g/mol. The van der Waals surface area contributed by atoms with Crippen LogP contribution in [-0.4, -0.2) is 46.2 Å². The maximum absolute atomic E-state index is 12.9. The molecular formula is C22H34N4O2. The monoisotopic (exact) mass is 386 g/mol. The molecule has 1 unspecified atom stereocenters. The van der Waals surface area contributed by atoms with Crippen LogP contribution in [0.5, 0.6) is 0 Å². The highest BCUT2D eigenvalue weighted by Crippen LogP contribution is 2.26. The van der Waals surface area contributed by atoms with Gasteiger partial charge >= 0.3 is 0 Å². The highest BCUT2D eigenvalue weighted by Gasteiger charge is 2.45. The van der Waals surface area contributed by atoms with Crippen molar-refractivity contribution in [1.82, 2.24) is 15.1 Å². The molecule has 2 N–H and O–H groups in total. The maximum atomic E-state index is 12.9. The summed E-state index contributed by atoms with van der Waals surface area (Å²) >= 11 is 0. The number of rotatable bonds is 9. The van der Waals surface area contributed by atoms with Gasteiger partial charge in [-0.05, 0) is 49.8 Å². The van der Waals surface area contributed by atoms with Gasteiger partial charge in [-0.1, -0.05) is 39.8 Å². The van der Waals surface area contributed by atoms with Crippen molar-refractivity contribution in [2.75, 3.05) is 13.1 Å². The zero-order valence-electron chi connectivity index (χ0n) is 17.8. The molecule has 1 aromatic carbocycles. The second-order valence-electron chi connectivity index (χ2n) is 8.29. The van der Waals surface area contributed by atoms with Crippen molar-refractivity contribution in [1.29, 1.82) is 5.41 Å². The molecule has 0 aromatic heterocycles. The lowest BCUT2D eigenvalue weighted by Gasteiger charge is -2.24. The van der Waals surface area contributed by atoms with E-state index < -0.39 is 5.54 Å². The topological polar surface area (TPSA) is 76.5 Å². The van der Waals surface area contributed by atoms with Gasteiger partial charge in [0.15, 0.2) is 5.96 Å². The number of hydrogen-bond acceptors (Lipinski definition) is 3. The second-order valence-corrected chi connectivity index (χ2v) is 8.29. The number of benzene rings is 1. The van der Waals surface area contributed by atoms with Gasteiger partial charge in [0.25, 0.3) is 11.8 Å². The summed E-state index contributed by atoms with van der Waals surface area (Å²) in [5, 5.41) is 11.3. The number of carbonyl (C=O) groups excluding carboxylic acids is 2. The van der Waals surface area contributed by atoms with E-state index in [0.29, 0.717) is 24.4 Å². The molecule has 1 heterocycles. The molecule has 0 aliphatic carbocycles. The van der Waals surface area contributed by atoms with E-state index >= 15 is 0 Å². The van der Waals surface area contributed by atoms with Gasteiger partial charge in [-0.25, -0.2) is 0 Å². The molecule has 0 saturated carbocycles. The summed E-state index contributed by atoms with van der Waals surface area (Å²) in [5.41, 5.74) is 0.751. The first-order valence-electron chi connectivity index (χ1n) is 10.3. The maximum Gasteiger partial charge on any atom is 0.255 e. The lowest BCUT2D eigenvalue weighted by Crippen LogP contribution is -2.44. The van der Waals surface area contributed by atoms with Gasteiger partial charge in [-0.15, -0.1) is 0 Å². The Balaban J connectivity index is 2.17. The first kappa shape index (κ1) is 21.9. The Bertz CT molecular complexity index is 725. The van der Waals surface area contributed by atoms with Crippen LogP contribution in [0.4, 0.5) is 0 Å². The largest absolute Gasteiger partial charge is 0.342 e. The number of amides is 2. The summed E-state index contributed by atoms with van der Waals surface area (Å²) in [5.74, 6) is 0.416. The van der Waals surface area contributed by atoms with Crippen LogP contribution < -0.4 is 5.32 Å². The van der Waals surface area contributed by atoms with E-state index in [4.69, 9.17) is 5.41 Å². The molecule has 6 heteroatoms. The Kier molecular flexibility index (Phi) is 7.22. The van der Waals surface area contributed by atoms with Crippen LogP contribution in [0, 0.1) is 11.3 Å². The van der Waals surface area contributed by atoms with E-state index in [1.54, 1.807) is 0 Å². The third kappa shape index (κ3) is 4.91. The molecule has 1 aliphatic rings. The SMILES string of the molecule is CCCN(CCC)C(=O)c1cccc(CN2C(=N)NC(C)(CC(C)C)C2=O)c1. The van der Waals surface area contributed by atoms with Crippen LogP contribution in [-0.2, 0) is 11.3 Å². The van der Waals surface area contributed by atoms with Gasteiger partial charge in [0.1, 0.15) is 5.54 Å². The average Bonchev–Trinajstić information content (AvgIpc) is 2.83. The van der Waals surface area contributed by atoms with E-state index in [1.165, 1.54) is 4.90 Å². The minimum atomic E-state index is -0.738. The fourth-order valence-corrected chi connectivity index (χ4v) is 3.91. The number of nitrogens with zero attached hydrogens (tertiary/aromatic N) is 2. The standard InChI is InChI=1S/C22H34N4O2/c1-6-11-25(12-7-2)19(27)18-10-8-9-17(13-18)15-26-20(28)22(5,14-16(3)4)24-21(26)23/h8-10,13,16H,6-7,11-12,14-15H2,1-5H3,(H2,23,24). The van der Waals surface area contributed by atoms with Crippen LogP contribution in [0.2, 0.25) is 0 Å². The van der Waals surface area contributed by atoms with Crippen LogP contribution in [0.3, 0.4) is 0 Å². The molecule has 1 fully saturated rings. The quantitative estimate of drug-likeness (QED) is 0.680. The second kappa shape index (κ2) is 9.22. The molecule has 154 valence electrons. The molecule has 1 saturated heterocycles. The van der Waals surface area contributed by atoms with E-state index in [9.17, 15) is 9.59 Å². The summed E-state index contributed by atoms with van der Waals surface area (Å²) in [7, 11) is 0. The molecule has 2 amide bonds. The Labute approximate surface area is 168 Å². The van der Waals surface area contributed by atoms with Crippen molar-refractivity contribution in [3.05, 3.63) is 35.4 Å². The summed E-state index contributed by atoms with van der Waals surface area (Å²) in [6.45, 7) is 11.9. The van der Waals surface area contributed by atoms with Gasteiger partial charge in [0.05, 0.1) is 6.54 Å². The highest BCUT2D eigenvalue weighted by atomic mass is 16.2. The lowest BCUT2D eigenvalue weighted by atomic mass is 9.91. The minimum Gasteiger partial charge on any atom is -0.342 e. The Morgan fingerprint density at radius 2 is 1.89 bits per heavy atom. The molecule has 28 heavy (non-hydrogen) atoms. The normalized spacial score (nSPS) is 19.3. The third-order valence-corrected chi connectivity index (χ3v) is 4.99. The molecule has 2 rings (SSSR count). The van der Waals surface area contributed by atoms with Crippen LogP contribution in [0.15, 0.2) is 24.3 Å². The minimum absolute atomic E-state index is 0.0242. The van der Waals surface area contributed by atoms with Crippen molar-refractivity contribution in [3.63, 3.8) is 0 Å². The van der Waals surface area contributed by atoms with Crippen LogP contribution in [0.1, 0.15) is 69.8 Å². The predicted octanol–water partition coefficient (Wildman–Crippen LogP) is 3.62. The van der Waals surface area contributed by atoms with E-state index in [0.717, 1.165) is 31.5 Å². The van der Waals surface area contributed by atoms with E-state index in [2.05, 4.69) is 33.0 Å². The summed E-state index contributed by atoms with van der Waals surface area (Å²) in [6, 6.07) is 7.42. The summed E-state index contributed by atoms with van der Waals surface area (Å²) in [6.07, 6.45) is 2.52. The molecule has 1 aliphatic heterocycles. The zero-order valence-corrected chi connectivity index (χ0v) is 17.8. The Morgan fingerprint density at radius 3 is 2.46 bits per heavy atom. The molecule has 0 spiro atoms. The van der Waals surface area contributed by atoms with E-state index in [-0.39, 0.29) is 17.8 Å². The smallest absolute Gasteiger partial charge is 0.255 e. The van der Waals surface area contributed by atoms with Crippen molar-refractivity contribution in [3.8, 4) is 0 Å². The predicted molar refractivity (Wildman–Crippen MR) is 112 cm³/mol. The molecule has 1 aromatic rings. The summed E-state index contributed by atoms with van der Waals surface area (Å²) < 4.78 is 0. The molecule has 6 nitrogen and oxygen atoms in total. The zero-order chi connectivity index (χ0) is 20.9. The lowest BCUT2D eigenvalue weighted by molar-refractivity contribution is -0.131. The van der Waals surface area contributed by atoms with Crippen molar-refractivity contribution in [2.45, 2.75) is 66.0 Å². The van der Waals surface area contributed by atoms with Crippen molar-refractivity contribution >= 4 is 17.8 Å². The number of guanidine groups is 1. The summed E-state index contributed by atoms with van der Waals surface area (Å²) in [4.78, 5) is 29.1. The fourth-order valence-electron chi connectivity index (χ4n) is 3.91. The molecular weight excluding hydrogens is 352 g/mol. The van der Waals surface area contributed by atoms with E-state index in [1.807, 2.05) is 36.1 Å². The van der Waals surface area contributed by atoms with Gasteiger partial charge in [-0.2, -0.15) is 0 Å². The third-order valence-electron chi connectivity index (χ3n) is 4.99. The van der Waals surface area contributed by atoms with Gasteiger partial charge < -0.3 is 10.2 Å². The van der Waals surface area contributed by atoms with Gasteiger partial charge in [0, 0.05) is 18.7 Å². The molecule has 0 bridgehead atoms.